The molecule has 7 nitrogen and oxygen atoms in total. The van der Waals surface area contributed by atoms with Gasteiger partial charge in [0.25, 0.3) is 0 Å². The van der Waals surface area contributed by atoms with Gasteiger partial charge in [0.1, 0.15) is 0 Å². The molecule has 2 fully saturated rings. The highest BCUT2D eigenvalue weighted by Crippen LogP contribution is 2.20. The largest absolute Gasteiger partial charge is 0.375 e. The third-order valence-corrected chi connectivity index (χ3v) is 6.14. The summed E-state index contributed by atoms with van der Waals surface area (Å²) < 4.78 is 5.65. The molecule has 1 aromatic carbocycles. The smallest absolute Gasteiger partial charge is 0.236 e. The Bertz CT molecular complexity index is 715. The molecular weight excluding hydrogens is 402 g/mol. The van der Waals surface area contributed by atoms with Crippen molar-refractivity contribution in [2.24, 2.45) is 4.99 Å². The number of piperazine rings is 1. The van der Waals surface area contributed by atoms with E-state index in [1.807, 2.05) is 29.2 Å². The zero-order valence-electron chi connectivity index (χ0n) is 18.1. The van der Waals surface area contributed by atoms with Gasteiger partial charge in [-0.15, -0.1) is 0 Å². The van der Waals surface area contributed by atoms with Gasteiger partial charge in [-0.3, -0.25) is 14.7 Å². The van der Waals surface area contributed by atoms with E-state index in [0.29, 0.717) is 18.1 Å². The number of ether oxygens (including phenoxy) is 1. The van der Waals surface area contributed by atoms with Gasteiger partial charge >= 0.3 is 0 Å². The second-order valence-electron chi connectivity index (χ2n) is 7.91. The van der Waals surface area contributed by atoms with Gasteiger partial charge in [-0.05, 0) is 37.0 Å². The Labute approximate surface area is 185 Å². The van der Waals surface area contributed by atoms with Gasteiger partial charge in [-0.25, -0.2) is 0 Å². The van der Waals surface area contributed by atoms with Crippen molar-refractivity contribution in [1.82, 2.24) is 20.0 Å². The molecule has 0 aromatic heterocycles. The number of hydrogen-bond acceptors (Lipinski definition) is 4. The van der Waals surface area contributed by atoms with Crippen LogP contribution in [0.5, 0.6) is 0 Å². The zero-order valence-corrected chi connectivity index (χ0v) is 18.9. The van der Waals surface area contributed by atoms with Crippen LogP contribution in [0.2, 0.25) is 5.02 Å². The SMILES string of the molecule is CN=C(NCC(OC)c1cccc(Cl)c1)N1CCN(CC(=O)N2CCCCC2)CC1. The van der Waals surface area contributed by atoms with Crippen LogP contribution >= 0.6 is 11.6 Å². The van der Waals surface area contributed by atoms with Crippen molar-refractivity contribution in [3.63, 3.8) is 0 Å². The van der Waals surface area contributed by atoms with E-state index in [9.17, 15) is 4.79 Å². The Morgan fingerprint density at radius 2 is 1.87 bits per heavy atom. The van der Waals surface area contributed by atoms with Crippen LogP contribution < -0.4 is 5.32 Å². The van der Waals surface area contributed by atoms with Gasteiger partial charge < -0.3 is 19.9 Å². The van der Waals surface area contributed by atoms with Crippen molar-refractivity contribution < 1.29 is 9.53 Å². The number of hydrogen-bond donors (Lipinski definition) is 1. The van der Waals surface area contributed by atoms with E-state index in [2.05, 4.69) is 20.1 Å². The fourth-order valence-corrected chi connectivity index (χ4v) is 4.31. The first-order valence-corrected chi connectivity index (χ1v) is 11.2. The van der Waals surface area contributed by atoms with Crippen LogP contribution in [0, 0.1) is 0 Å². The second kappa shape index (κ2) is 11.5. The Hall–Kier alpha value is -1.83. The number of aliphatic imine (C=N–C) groups is 1. The number of methoxy groups -OCH3 is 1. The summed E-state index contributed by atoms with van der Waals surface area (Å²) in [5.74, 6) is 1.14. The number of guanidine groups is 1. The average molecular weight is 436 g/mol. The number of carbonyl (C=O) groups is 1. The number of amides is 1. The number of benzene rings is 1. The van der Waals surface area contributed by atoms with E-state index >= 15 is 0 Å². The van der Waals surface area contributed by atoms with Crippen molar-refractivity contribution in [2.45, 2.75) is 25.4 Å². The van der Waals surface area contributed by atoms with Gasteiger partial charge in [0.2, 0.25) is 5.91 Å². The molecule has 166 valence electrons. The number of piperidine rings is 1. The maximum absolute atomic E-state index is 12.5. The summed E-state index contributed by atoms with van der Waals surface area (Å²) in [6.07, 6.45) is 3.41. The second-order valence-corrected chi connectivity index (χ2v) is 8.35. The highest BCUT2D eigenvalue weighted by atomic mass is 35.5. The summed E-state index contributed by atoms with van der Waals surface area (Å²) in [4.78, 5) is 23.5. The molecule has 8 heteroatoms. The zero-order chi connectivity index (χ0) is 21.3. The molecule has 1 atom stereocenters. The molecule has 1 unspecified atom stereocenters. The monoisotopic (exact) mass is 435 g/mol. The van der Waals surface area contributed by atoms with Crippen LogP contribution in [-0.2, 0) is 9.53 Å². The molecule has 0 radical (unpaired) electrons. The fourth-order valence-electron chi connectivity index (χ4n) is 4.11. The Morgan fingerprint density at radius 1 is 1.13 bits per heavy atom. The van der Waals surface area contributed by atoms with E-state index in [4.69, 9.17) is 16.3 Å². The van der Waals surface area contributed by atoms with Crippen LogP contribution in [0.25, 0.3) is 0 Å². The molecule has 30 heavy (non-hydrogen) atoms. The standard InChI is InChI=1S/C22H34ClN5O2/c1-24-22(25-16-20(30-2)18-7-6-8-19(23)15-18)28-13-11-26(12-14-28)17-21(29)27-9-4-3-5-10-27/h6-8,15,20H,3-5,9-14,16-17H2,1-2H3,(H,24,25). The van der Waals surface area contributed by atoms with E-state index < -0.39 is 0 Å². The number of likely N-dealkylation sites (tertiary alicyclic amines) is 1. The van der Waals surface area contributed by atoms with Crippen LogP contribution in [0.1, 0.15) is 30.9 Å². The predicted molar refractivity (Wildman–Crippen MR) is 121 cm³/mol. The Kier molecular flexibility index (Phi) is 8.78. The summed E-state index contributed by atoms with van der Waals surface area (Å²) in [6.45, 7) is 6.40. The lowest BCUT2D eigenvalue weighted by molar-refractivity contribution is -0.133. The molecule has 0 aliphatic carbocycles. The van der Waals surface area contributed by atoms with Gasteiger partial charge in [0.05, 0.1) is 12.6 Å². The highest BCUT2D eigenvalue weighted by Gasteiger charge is 2.24. The van der Waals surface area contributed by atoms with E-state index in [1.165, 1.54) is 6.42 Å². The fraction of sp³-hybridized carbons (Fsp3) is 0.636. The quantitative estimate of drug-likeness (QED) is 0.548. The van der Waals surface area contributed by atoms with Crippen molar-refractivity contribution in [2.75, 3.05) is 66.5 Å². The normalized spacial score (nSPS) is 19.6. The van der Waals surface area contributed by atoms with Gasteiger partial charge in [-0.2, -0.15) is 0 Å². The lowest BCUT2D eigenvalue weighted by Crippen LogP contribution is -2.54. The molecule has 3 rings (SSSR count). The average Bonchev–Trinajstić information content (AvgIpc) is 2.78. The minimum atomic E-state index is -0.107. The van der Waals surface area contributed by atoms with E-state index in [0.717, 1.165) is 63.6 Å². The summed E-state index contributed by atoms with van der Waals surface area (Å²) in [5.41, 5.74) is 1.04. The van der Waals surface area contributed by atoms with Crippen LogP contribution in [0.3, 0.4) is 0 Å². The molecule has 0 spiro atoms. The number of nitrogens with one attached hydrogen (secondary N) is 1. The molecule has 2 aliphatic rings. The van der Waals surface area contributed by atoms with Crippen LogP contribution in [0.4, 0.5) is 0 Å². The van der Waals surface area contributed by atoms with Crippen molar-refractivity contribution in [1.29, 1.82) is 0 Å². The van der Waals surface area contributed by atoms with Crippen LogP contribution in [0.15, 0.2) is 29.3 Å². The van der Waals surface area contributed by atoms with Crippen molar-refractivity contribution in [3.8, 4) is 0 Å². The molecule has 1 N–H and O–H groups in total. The van der Waals surface area contributed by atoms with Crippen LogP contribution in [-0.4, -0.2) is 93.1 Å². The predicted octanol–water partition coefficient (Wildman–Crippen LogP) is 2.23. The summed E-state index contributed by atoms with van der Waals surface area (Å²) in [5, 5.41) is 4.13. The Morgan fingerprint density at radius 3 is 2.50 bits per heavy atom. The maximum Gasteiger partial charge on any atom is 0.236 e. The molecule has 0 saturated carbocycles. The maximum atomic E-state index is 12.5. The van der Waals surface area contributed by atoms with Gasteiger partial charge in [0.15, 0.2) is 5.96 Å². The molecule has 1 amide bonds. The first-order chi connectivity index (χ1) is 14.6. The highest BCUT2D eigenvalue weighted by molar-refractivity contribution is 6.30. The molecule has 1 aromatic rings. The summed E-state index contributed by atoms with van der Waals surface area (Å²) in [6, 6.07) is 7.74. The number of rotatable bonds is 6. The number of halogens is 1. The van der Waals surface area contributed by atoms with E-state index in [-0.39, 0.29) is 12.0 Å². The summed E-state index contributed by atoms with van der Waals surface area (Å²) >= 11 is 6.12. The topological polar surface area (TPSA) is 60.4 Å². The Balaban J connectivity index is 1.45. The third kappa shape index (κ3) is 6.33. The number of carbonyl (C=O) groups excluding carboxylic acids is 1. The van der Waals surface area contributed by atoms with Gasteiger partial charge in [-0.1, -0.05) is 23.7 Å². The first kappa shape index (κ1) is 22.8. The molecular formula is C22H34ClN5O2. The summed E-state index contributed by atoms with van der Waals surface area (Å²) in [7, 11) is 3.50. The lowest BCUT2D eigenvalue weighted by Gasteiger charge is -2.37. The lowest BCUT2D eigenvalue weighted by atomic mass is 10.1. The molecule has 2 aliphatic heterocycles. The minimum Gasteiger partial charge on any atom is -0.375 e. The first-order valence-electron chi connectivity index (χ1n) is 10.8. The molecule has 0 bridgehead atoms. The van der Waals surface area contributed by atoms with Gasteiger partial charge in [0, 0.05) is 65.0 Å². The van der Waals surface area contributed by atoms with Crippen molar-refractivity contribution in [3.05, 3.63) is 34.9 Å². The van der Waals surface area contributed by atoms with Crippen molar-refractivity contribution >= 4 is 23.5 Å². The molecule has 2 saturated heterocycles. The third-order valence-electron chi connectivity index (χ3n) is 5.90. The molecule has 2 heterocycles. The number of nitrogens with zero attached hydrogens (tertiary/aromatic N) is 4. The minimum absolute atomic E-state index is 0.107. The van der Waals surface area contributed by atoms with E-state index in [1.54, 1.807) is 14.2 Å².